The minimum absolute atomic E-state index is 0.0477. The number of unbranched alkanes of at least 4 members (excludes halogenated alkanes) is 1. The average Bonchev–Trinajstić information content (AvgIpc) is 2.92. The summed E-state index contributed by atoms with van der Waals surface area (Å²) in [5.41, 5.74) is 1.27. The summed E-state index contributed by atoms with van der Waals surface area (Å²) in [6, 6.07) is 14.4. The molecule has 0 aromatic heterocycles. The fraction of sp³-hybridized carbons (Fsp3) is 0.567. The molecule has 0 bridgehead atoms. The summed E-state index contributed by atoms with van der Waals surface area (Å²) in [7, 11) is 0. The van der Waals surface area contributed by atoms with Gasteiger partial charge in [0.2, 0.25) is 5.91 Å². The summed E-state index contributed by atoms with van der Waals surface area (Å²) in [4.78, 5) is 26.1. The highest BCUT2D eigenvalue weighted by Gasteiger charge is 2.31. The number of hydrogen-bond acceptors (Lipinski definition) is 5. The summed E-state index contributed by atoms with van der Waals surface area (Å²) in [6.07, 6.45) is 11.7. The van der Waals surface area contributed by atoms with Crippen molar-refractivity contribution in [3.8, 4) is 11.5 Å². The van der Waals surface area contributed by atoms with Gasteiger partial charge in [0.15, 0.2) is 0 Å². The summed E-state index contributed by atoms with van der Waals surface area (Å²) < 4.78 is 5.82. The van der Waals surface area contributed by atoms with Gasteiger partial charge in [-0.15, -0.1) is 0 Å². The van der Waals surface area contributed by atoms with E-state index in [2.05, 4.69) is 29.3 Å². The lowest BCUT2D eigenvalue weighted by Gasteiger charge is -2.35. The second-order valence-electron chi connectivity index (χ2n) is 10.7. The number of rotatable bonds is 11. The van der Waals surface area contributed by atoms with Gasteiger partial charge in [0.1, 0.15) is 11.5 Å². The van der Waals surface area contributed by atoms with Crippen LogP contribution >= 0.6 is 0 Å². The second kappa shape index (κ2) is 13.6. The number of nitro groups is 1. The third-order valence-electron chi connectivity index (χ3n) is 7.97. The quantitative estimate of drug-likeness (QED) is 0.265. The van der Waals surface area contributed by atoms with Gasteiger partial charge in [0.25, 0.3) is 5.69 Å². The summed E-state index contributed by atoms with van der Waals surface area (Å²) in [6.45, 7) is 5.05. The van der Waals surface area contributed by atoms with Crippen LogP contribution in [0.15, 0.2) is 48.5 Å². The predicted octanol–water partition coefficient (Wildman–Crippen LogP) is 6.85. The number of piperidine rings is 1. The number of hydrogen-bond donors (Lipinski definition) is 1. The zero-order valence-corrected chi connectivity index (χ0v) is 22.1. The van der Waals surface area contributed by atoms with Crippen LogP contribution in [-0.4, -0.2) is 34.9 Å². The van der Waals surface area contributed by atoms with Crippen LogP contribution in [0.25, 0.3) is 0 Å². The first-order valence-corrected chi connectivity index (χ1v) is 14.1. The number of likely N-dealkylation sites (tertiary alicyclic amines) is 1. The number of carbonyl (C=O) groups excluding carboxylic acids is 1. The topological polar surface area (TPSA) is 84.7 Å². The molecule has 37 heavy (non-hydrogen) atoms. The maximum atomic E-state index is 13.2. The zero-order valence-electron chi connectivity index (χ0n) is 22.1. The van der Waals surface area contributed by atoms with E-state index in [1.165, 1.54) is 49.8 Å². The Bertz CT molecular complexity index is 994. The number of amides is 1. The third-order valence-corrected chi connectivity index (χ3v) is 7.97. The van der Waals surface area contributed by atoms with Crippen LogP contribution in [0.1, 0.15) is 76.7 Å². The van der Waals surface area contributed by atoms with Crippen molar-refractivity contribution in [2.45, 2.75) is 83.7 Å². The molecule has 0 spiro atoms. The number of nitrogens with zero attached hydrogens (tertiary/aromatic N) is 2. The van der Waals surface area contributed by atoms with Crippen molar-refractivity contribution in [1.82, 2.24) is 10.2 Å². The van der Waals surface area contributed by atoms with Crippen LogP contribution in [-0.2, 0) is 11.3 Å². The Labute approximate surface area is 220 Å². The SMILES string of the molecule is CCCCC(C(=O)NC1CCN(Cc2ccc(Oc3ccc([N+](=O)[O-])cc3)cc2)CC1)C1CCCCC1. The van der Waals surface area contributed by atoms with Crippen molar-refractivity contribution in [3.05, 3.63) is 64.2 Å². The molecule has 1 amide bonds. The van der Waals surface area contributed by atoms with Crippen LogP contribution in [0.4, 0.5) is 5.69 Å². The highest BCUT2D eigenvalue weighted by Crippen LogP contribution is 2.33. The largest absolute Gasteiger partial charge is 0.457 e. The normalized spacial score (nSPS) is 18.3. The minimum Gasteiger partial charge on any atom is -0.457 e. The number of ether oxygens (including phenoxy) is 1. The summed E-state index contributed by atoms with van der Waals surface area (Å²) >= 11 is 0. The maximum Gasteiger partial charge on any atom is 0.269 e. The number of benzene rings is 2. The van der Waals surface area contributed by atoms with Crippen LogP contribution in [0.2, 0.25) is 0 Å². The Balaban J connectivity index is 1.22. The fourth-order valence-corrected chi connectivity index (χ4v) is 5.78. The number of nitrogens with one attached hydrogen (secondary N) is 1. The van der Waals surface area contributed by atoms with Crippen molar-refractivity contribution >= 4 is 11.6 Å². The van der Waals surface area contributed by atoms with Crippen molar-refractivity contribution in [1.29, 1.82) is 0 Å². The lowest BCUT2D eigenvalue weighted by Crippen LogP contribution is -2.47. The zero-order chi connectivity index (χ0) is 26.0. The van der Waals surface area contributed by atoms with Gasteiger partial charge in [-0.25, -0.2) is 0 Å². The first-order chi connectivity index (χ1) is 18.0. The first-order valence-electron chi connectivity index (χ1n) is 14.1. The fourth-order valence-electron chi connectivity index (χ4n) is 5.78. The molecule has 4 rings (SSSR count). The van der Waals surface area contributed by atoms with Gasteiger partial charge in [0.05, 0.1) is 4.92 Å². The molecule has 7 heteroatoms. The molecule has 1 saturated carbocycles. The van der Waals surface area contributed by atoms with Crippen molar-refractivity contribution < 1.29 is 14.5 Å². The Morgan fingerprint density at radius 2 is 1.62 bits per heavy atom. The van der Waals surface area contributed by atoms with Gasteiger partial charge in [-0.2, -0.15) is 0 Å². The van der Waals surface area contributed by atoms with E-state index in [1.807, 2.05) is 12.1 Å². The molecule has 1 heterocycles. The van der Waals surface area contributed by atoms with Crippen LogP contribution < -0.4 is 10.1 Å². The molecule has 1 aliphatic carbocycles. The molecule has 2 aromatic carbocycles. The highest BCUT2D eigenvalue weighted by atomic mass is 16.6. The second-order valence-corrected chi connectivity index (χ2v) is 10.7. The molecule has 1 saturated heterocycles. The van der Waals surface area contributed by atoms with E-state index in [0.29, 0.717) is 23.3 Å². The lowest BCUT2D eigenvalue weighted by atomic mass is 9.77. The molecule has 1 aliphatic heterocycles. The smallest absolute Gasteiger partial charge is 0.269 e. The van der Waals surface area contributed by atoms with E-state index < -0.39 is 4.92 Å². The van der Waals surface area contributed by atoms with Gasteiger partial charge in [-0.1, -0.05) is 51.2 Å². The molecule has 2 aromatic rings. The van der Waals surface area contributed by atoms with Gasteiger partial charge in [-0.05, 0) is 67.9 Å². The number of carbonyl (C=O) groups is 1. The summed E-state index contributed by atoms with van der Waals surface area (Å²) in [5, 5.41) is 14.2. The lowest BCUT2D eigenvalue weighted by molar-refractivity contribution is -0.384. The van der Waals surface area contributed by atoms with Crippen LogP contribution in [0.5, 0.6) is 11.5 Å². The summed E-state index contributed by atoms with van der Waals surface area (Å²) in [5.74, 6) is 2.36. The van der Waals surface area contributed by atoms with E-state index in [0.717, 1.165) is 51.7 Å². The predicted molar refractivity (Wildman–Crippen MR) is 146 cm³/mol. The van der Waals surface area contributed by atoms with Gasteiger partial charge < -0.3 is 10.1 Å². The van der Waals surface area contributed by atoms with Gasteiger partial charge >= 0.3 is 0 Å². The van der Waals surface area contributed by atoms with E-state index in [9.17, 15) is 14.9 Å². The molecule has 0 radical (unpaired) electrons. The molecule has 1 atom stereocenters. The first kappa shape index (κ1) is 27.1. The van der Waals surface area contributed by atoms with Crippen LogP contribution in [0, 0.1) is 22.0 Å². The van der Waals surface area contributed by atoms with Gasteiger partial charge in [-0.3, -0.25) is 19.8 Å². The molecule has 1 unspecified atom stereocenters. The van der Waals surface area contributed by atoms with E-state index >= 15 is 0 Å². The monoisotopic (exact) mass is 507 g/mol. The highest BCUT2D eigenvalue weighted by molar-refractivity contribution is 5.79. The van der Waals surface area contributed by atoms with Crippen LogP contribution in [0.3, 0.4) is 0 Å². The van der Waals surface area contributed by atoms with Crippen molar-refractivity contribution in [3.63, 3.8) is 0 Å². The van der Waals surface area contributed by atoms with E-state index in [-0.39, 0.29) is 17.6 Å². The van der Waals surface area contributed by atoms with E-state index in [4.69, 9.17) is 4.74 Å². The van der Waals surface area contributed by atoms with Gasteiger partial charge in [0, 0.05) is 43.7 Å². The molecule has 2 aliphatic rings. The van der Waals surface area contributed by atoms with Crippen molar-refractivity contribution in [2.24, 2.45) is 11.8 Å². The molecular weight excluding hydrogens is 466 g/mol. The minimum atomic E-state index is -0.420. The Morgan fingerprint density at radius 3 is 2.22 bits per heavy atom. The Kier molecular flexibility index (Phi) is 9.94. The standard InChI is InChI=1S/C30H41N3O4/c1-2-3-9-29(24-7-5-4-6-8-24)30(34)31-25-18-20-32(21-19-25)22-23-10-14-27(15-11-23)37-28-16-12-26(13-17-28)33(35)36/h10-17,24-25,29H,2-9,18-22H2,1H3,(H,31,34). The molecular formula is C30H41N3O4. The Morgan fingerprint density at radius 1 is 1.00 bits per heavy atom. The van der Waals surface area contributed by atoms with E-state index in [1.54, 1.807) is 12.1 Å². The number of non-ortho nitro benzene ring substituents is 1. The molecule has 7 nitrogen and oxygen atoms in total. The van der Waals surface area contributed by atoms with Crippen molar-refractivity contribution in [2.75, 3.05) is 13.1 Å². The Hall–Kier alpha value is -2.93. The molecule has 2 fully saturated rings. The molecule has 200 valence electrons. The third kappa shape index (κ3) is 8.03. The number of nitro benzene ring substituents is 1. The molecule has 1 N–H and O–H groups in total. The average molecular weight is 508 g/mol. The maximum absolute atomic E-state index is 13.2.